The molecule has 1 aromatic heterocycles. The van der Waals surface area contributed by atoms with Crippen molar-refractivity contribution in [1.82, 2.24) is 4.98 Å². The van der Waals surface area contributed by atoms with Crippen LogP contribution in [0.3, 0.4) is 0 Å². The molecule has 0 aliphatic heterocycles. The Morgan fingerprint density at radius 2 is 2.06 bits per heavy atom. The molecule has 1 aromatic carbocycles. The number of benzene rings is 1. The number of thiazole rings is 1. The topological polar surface area (TPSA) is 79.3 Å². The van der Waals surface area contributed by atoms with Gasteiger partial charge in [0.25, 0.3) is 5.91 Å². The normalized spacial score (nSPS) is 10.1. The molecule has 0 aliphatic carbocycles. The van der Waals surface area contributed by atoms with Gasteiger partial charge in [-0.3, -0.25) is 10.1 Å². The Balaban J connectivity index is 2.18. The monoisotopic (exact) mass is 326 g/mol. The van der Waals surface area contributed by atoms with Gasteiger partial charge in [0.15, 0.2) is 5.13 Å². The van der Waals surface area contributed by atoms with E-state index in [4.69, 9.17) is 5.11 Å². The van der Waals surface area contributed by atoms with Crippen LogP contribution in [0.25, 0.3) is 0 Å². The van der Waals surface area contributed by atoms with E-state index >= 15 is 0 Å². The van der Waals surface area contributed by atoms with E-state index in [2.05, 4.69) is 26.2 Å². The van der Waals surface area contributed by atoms with E-state index in [0.29, 0.717) is 5.13 Å². The third-order valence-electron chi connectivity index (χ3n) is 2.07. The number of nitrogens with one attached hydrogen (secondary N) is 1. The SMILES string of the molecule is O=C(O)c1cccc(C(=O)Nc2ncc(Br)s2)c1. The molecule has 0 atom stereocenters. The van der Waals surface area contributed by atoms with Gasteiger partial charge >= 0.3 is 5.97 Å². The van der Waals surface area contributed by atoms with E-state index < -0.39 is 5.97 Å². The van der Waals surface area contributed by atoms with Crippen molar-refractivity contribution >= 4 is 44.3 Å². The summed E-state index contributed by atoms with van der Waals surface area (Å²) < 4.78 is 0.803. The minimum Gasteiger partial charge on any atom is -0.478 e. The molecule has 0 bridgehead atoms. The number of aromatic carboxylic acids is 1. The number of carbonyl (C=O) groups is 2. The van der Waals surface area contributed by atoms with Gasteiger partial charge < -0.3 is 5.11 Å². The second-order valence-electron chi connectivity index (χ2n) is 3.31. The minimum atomic E-state index is -1.07. The lowest BCUT2D eigenvalue weighted by molar-refractivity contribution is 0.0697. The van der Waals surface area contributed by atoms with Crippen molar-refractivity contribution in [2.24, 2.45) is 0 Å². The molecule has 0 saturated heterocycles. The van der Waals surface area contributed by atoms with Gasteiger partial charge in [-0.25, -0.2) is 9.78 Å². The minimum absolute atomic E-state index is 0.0722. The molecule has 92 valence electrons. The molecular weight excluding hydrogens is 320 g/mol. The first-order valence-corrected chi connectivity index (χ1v) is 6.43. The average molecular weight is 327 g/mol. The summed E-state index contributed by atoms with van der Waals surface area (Å²) in [7, 11) is 0. The summed E-state index contributed by atoms with van der Waals surface area (Å²) in [6.07, 6.45) is 1.58. The highest BCUT2D eigenvalue weighted by Crippen LogP contribution is 2.23. The summed E-state index contributed by atoms with van der Waals surface area (Å²) in [6.45, 7) is 0. The first-order valence-electron chi connectivity index (χ1n) is 4.82. The van der Waals surface area contributed by atoms with Crippen molar-refractivity contribution in [3.8, 4) is 0 Å². The molecule has 0 spiro atoms. The number of aromatic nitrogens is 1. The lowest BCUT2D eigenvalue weighted by Gasteiger charge is -2.02. The Labute approximate surface area is 115 Å². The fourth-order valence-electron chi connectivity index (χ4n) is 1.27. The maximum Gasteiger partial charge on any atom is 0.335 e. The number of halogens is 1. The summed E-state index contributed by atoms with van der Waals surface area (Å²) >= 11 is 4.51. The van der Waals surface area contributed by atoms with E-state index in [1.54, 1.807) is 12.3 Å². The van der Waals surface area contributed by atoms with Crippen molar-refractivity contribution < 1.29 is 14.7 Å². The van der Waals surface area contributed by atoms with E-state index in [1.807, 2.05) is 0 Å². The maximum atomic E-state index is 11.8. The molecule has 0 saturated carbocycles. The van der Waals surface area contributed by atoms with Crippen LogP contribution in [0.4, 0.5) is 5.13 Å². The Kier molecular flexibility index (Phi) is 3.73. The number of nitrogens with zero attached hydrogens (tertiary/aromatic N) is 1. The smallest absolute Gasteiger partial charge is 0.335 e. The zero-order valence-corrected chi connectivity index (χ0v) is 11.3. The van der Waals surface area contributed by atoms with Crippen LogP contribution >= 0.6 is 27.3 Å². The number of carbonyl (C=O) groups excluding carboxylic acids is 1. The van der Waals surface area contributed by atoms with Crippen molar-refractivity contribution in [3.05, 3.63) is 45.4 Å². The van der Waals surface area contributed by atoms with Crippen LogP contribution in [0.1, 0.15) is 20.7 Å². The van der Waals surface area contributed by atoms with Gasteiger partial charge in [0.1, 0.15) is 0 Å². The lowest BCUT2D eigenvalue weighted by Crippen LogP contribution is -2.12. The number of carboxylic acids is 1. The highest BCUT2D eigenvalue weighted by molar-refractivity contribution is 9.11. The number of carboxylic acid groups (broad SMARTS) is 1. The highest BCUT2D eigenvalue weighted by atomic mass is 79.9. The molecule has 2 N–H and O–H groups in total. The van der Waals surface area contributed by atoms with E-state index in [0.717, 1.165) is 3.79 Å². The van der Waals surface area contributed by atoms with Crippen molar-refractivity contribution in [2.45, 2.75) is 0 Å². The molecule has 2 rings (SSSR count). The summed E-state index contributed by atoms with van der Waals surface area (Å²) in [6, 6.07) is 5.82. The summed E-state index contributed by atoms with van der Waals surface area (Å²) in [5.41, 5.74) is 0.351. The fraction of sp³-hybridized carbons (Fsp3) is 0. The number of rotatable bonds is 3. The Bertz CT molecular complexity index is 612. The van der Waals surface area contributed by atoms with E-state index in [1.165, 1.54) is 29.5 Å². The Hall–Kier alpha value is -1.73. The standard InChI is InChI=1S/C11H7BrN2O3S/c12-8-5-13-11(18-8)14-9(15)6-2-1-3-7(4-6)10(16)17/h1-5H,(H,16,17)(H,13,14,15). The molecule has 1 amide bonds. The molecule has 0 aliphatic rings. The quantitative estimate of drug-likeness (QED) is 0.908. The summed E-state index contributed by atoms with van der Waals surface area (Å²) in [4.78, 5) is 26.6. The van der Waals surface area contributed by atoms with Gasteiger partial charge in [-0.2, -0.15) is 0 Å². The van der Waals surface area contributed by atoms with Gasteiger partial charge in [0, 0.05) is 5.56 Å². The highest BCUT2D eigenvalue weighted by Gasteiger charge is 2.11. The number of amides is 1. The maximum absolute atomic E-state index is 11.8. The summed E-state index contributed by atoms with van der Waals surface area (Å²) in [5.74, 6) is -1.46. The third kappa shape index (κ3) is 2.93. The first kappa shape index (κ1) is 12.7. The zero-order chi connectivity index (χ0) is 13.1. The largest absolute Gasteiger partial charge is 0.478 e. The predicted molar refractivity (Wildman–Crippen MR) is 71.2 cm³/mol. The molecule has 0 unspecified atom stereocenters. The van der Waals surface area contributed by atoms with E-state index in [9.17, 15) is 9.59 Å². The average Bonchev–Trinajstić information content (AvgIpc) is 2.75. The predicted octanol–water partition coefficient (Wildman–Crippen LogP) is 2.86. The summed E-state index contributed by atoms with van der Waals surface area (Å²) in [5, 5.41) is 11.9. The van der Waals surface area contributed by atoms with Gasteiger partial charge in [0.2, 0.25) is 0 Å². The third-order valence-corrected chi connectivity index (χ3v) is 3.46. The second-order valence-corrected chi connectivity index (χ2v) is 5.72. The van der Waals surface area contributed by atoms with Crippen molar-refractivity contribution in [2.75, 3.05) is 5.32 Å². The van der Waals surface area contributed by atoms with Gasteiger partial charge in [-0.1, -0.05) is 17.4 Å². The van der Waals surface area contributed by atoms with Crippen LogP contribution < -0.4 is 5.32 Å². The Morgan fingerprint density at radius 3 is 2.67 bits per heavy atom. The van der Waals surface area contributed by atoms with Gasteiger partial charge in [-0.05, 0) is 34.1 Å². The molecular formula is C11H7BrN2O3S. The fourth-order valence-corrected chi connectivity index (χ4v) is 2.38. The molecule has 0 radical (unpaired) electrons. The number of anilines is 1. The van der Waals surface area contributed by atoms with Crippen LogP contribution in [-0.2, 0) is 0 Å². The van der Waals surface area contributed by atoms with Crippen molar-refractivity contribution in [1.29, 1.82) is 0 Å². The van der Waals surface area contributed by atoms with Crippen LogP contribution in [0, 0.1) is 0 Å². The van der Waals surface area contributed by atoms with Crippen LogP contribution in [0.2, 0.25) is 0 Å². The first-order chi connectivity index (χ1) is 8.56. The van der Waals surface area contributed by atoms with Crippen LogP contribution in [0.5, 0.6) is 0 Å². The van der Waals surface area contributed by atoms with E-state index in [-0.39, 0.29) is 17.0 Å². The molecule has 7 heteroatoms. The molecule has 18 heavy (non-hydrogen) atoms. The second kappa shape index (κ2) is 5.28. The lowest BCUT2D eigenvalue weighted by atomic mass is 10.1. The van der Waals surface area contributed by atoms with Crippen LogP contribution in [0.15, 0.2) is 34.2 Å². The molecule has 1 heterocycles. The number of hydrogen-bond donors (Lipinski definition) is 2. The molecule has 2 aromatic rings. The van der Waals surface area contributed by atoms with Gasteiger partial charge in [-0.15, -0.1) is 0 Å². The van der Waals surface area contributed by atoms with Crippen LogP contribution in [-0.4, -0.2) is 22.0 Å². The number of hydrogen-bond acceptors (Lipinski definition) is 4. The zero-order valence-electron chi connectivity index (χ0n) is 8.88. The van der Waals surface area contributed by atoms with Crippen molar-refractivity contribution in [3.63, 3.8) is 0 Å². The molecule has 5 nitrogen and oxygen atoms in total. The van der Waals surface area contributed by atoms with Gasteiger partial charge in [0.05, 0.1) is 15.5 Å². The Morgan fingerprint density at radius 1 is 1.33 bits per heavy atom. The molecule has 0 fully saturated rings.